The highest BCUT2D eigenvalue weighted by molar-refractivity contribution is 5.54. The molecule has 1 aromatic rings. The van der Waals surface area contributed by atoms with Gasteiger partial charge in [-0.25, -0.2) is 0 Å². The summed E-state index contributed by atoms with van der Waals surface area (Å²) in [4.78, 5) is 2.61. The number of piperidine rings is 1. The molecule has 0 aromatic heterocycles. The molecule has 1 saturated carbocycles. The van der Waals surface area contributed by atoms with Gasteiger partial charge in [0.25, 0.3) is 0 Å². The average molecular weight is 259 g/mol. The Hall–Kier alpha value is -1.18. The zero-order valence-electron chi connectivity index (χ0n) is 12.2. The number of fused-ring (bicyclic) bond motifs is 1. The minimum absolute atomic E-state index is 0.447. The highest BCUT2D eigenvalue weighted by atomic mass is 16.5. The normalized spacial score (nSPS) is 28.9. The molecule has 0 bridgehead atoms. The van der Waals surface area contributed by atoms with Crippen molar-refractivity contribution in [3.63, 3.8) is 0 Å². The number of hydrogen-bond acceptors (Lipinski definition) is 2. The fraction of sp³-hybridized carbons (Fsp3) is 0.647. The van der Waals surface area contributed by atoms with Gasteiger partial charge < -0.3 is 9.64 Å². The summed E-state index contributed by atoms with van der Waals surface area (Å²) in [7, 11) is 0. The second-order valence-electron chi connectivity index (χ2n) is 6.25. The van der Waals surface area contributed by atoms with E-state index in [-0.39, 0.29) is 0 Å². The molecule has 3 rings (SSSR count). The van der Waals surface area contributed by atoms with Crippen LogP contribution in [0.4, 0.5) is 5.69 Å². The number of anilines is 1. The largest absolute Gasteiger partial charge is 0.494 e. The third-order valence-electron chi connectivity index (χ3n) is 4.84. The smallest absolute Gasteiger partial charge is 0.119 e. The van der Waals surface area contributed by atoms with Crippen LogP contribution in [0.3, 0.4) is 0 Å². The summed E-state index contributed by atoms with van der Waals surface area (Å²) >= 11 is 0. The van der Waals surface area contributed by atoms with Crippen LogP contribution in [0.1, 0.15) is 46.0 Å². The molecule has 1 aliphatic carbocycles. The van der Waals surface area contributed by atoms with Gasteiger partial charge >= 0.3 is 0 Å². The van der Waals surface area contributed by atoms with Crippen molar-refractivity contribution in [3.8, 4) is 5.75 Å². The molecule has 0 spiro atoms. The predicted molar refractivity (Wildman–Crippen MR) is 79.9 cm³/mol. The maximum Gasteiger partial charge on any atom is 0.119 e. The van der Waals surface area contributed by atoms with Gasteiger partial charge in [-0.05, 0) is 62.8 Å². The van der Waals surface area contributed by atoms with Gasteiger partial charge in [0, 0.05) is 17.8 Å². The molecule has 0 unspecified atom stereocenters. The van der Waals surface area contributed by atoms with Gasteiger partial charge in [-0.3, -0.25) is 0 Å². The van der Waals surface area contributed by atoms with E-state index in [0.717, 1.165) is 24.7 Å². The molecule has 1 aliphatic heterocycles. The first-order valence-electron chi connectivity index (χ1n) is 7.74. The SMILES string of the molecule is CCCCOc1ccc(N2CCC[C@H]3C[C@]32C)cc1. The molecule has 0 amide bonds. The summed E-state index contributed by atoms with van der Waals surface area (Å²) in [5, 5.41) is 0. The molecule has 104 valence electrons. The average Bonchev–Trinajstić information content (AvgIpc) is 3.11. The molecule has 0 N–H and O–H groups in total. The molecule has 2 atom stereocenters. The van der Waals surface area contributed by atoms with Gasteiger partial charge in [0.2, 0.25) is 0 Å². The second-order valence-corrected chi connectivity index (χ2v) is 6.25. The van der Waals surface area contributed by atoms with Crippen LogP contribution in [-0.2, 0) is 0 Å². The standard InChI is InChI=1S/C17H25NO/c1-3-4-12-19-16-9-7-15(8-10-16)18-11-5-6-14-13-17(14,18)2/h7-10,14H,3-6,11-13H2,1-2H3/t14-,17+/m0/s1. The Labute approximate surface area is 116 Å². The molecule has 2 aliphatic rings. The summed E-state index contributed by atoms with van der Waals surface area (Å²) in [5.41, 5.74) is 1.82. The number of ether oxygens (including phenoxy) is 1. The Morgan fingerprint density at radius 1 is 1.32 bits per heavy atom. The molecule has 1 saturated heterocycles. The van der Waals surface area contributed by atoms with E-state index >= 15 is 0 Å². The Bertz CT molecular complexity index is 427. The second kappa shape index (κ2) is 5.07. The van der Waals surface area contributed by atoms with Crippen molar-refractivity contribution in [2.45, 2.75) is 51.5 Å². The number of benzene rings is 1. The van der Waals surface area contributed by atoms with Crippen LogP contribution in [0.2, 0.25) is 0 Å². The molecule has 1 aromatic carbocycles. The lowest BCUT2D eigenvalue weighted by atomic mass is 10.0. The van der Waals surface area contributed by atoms with Crippen molar-refractivity contribution in [2.24, 2.45) is 5.92 Å². The van der Waals surface area contributed by atoms with Crippen molar-refractivity contribution >= 4 is 5.69 Å². The summed E-state index contributed by atoms with van der Waals surface area (Å²) in [6.45, 7) is 6.65. The lowest BCUT2D eigenvalue weighted by Crippen LogP contribution is -2.40. The van der Waals surface area contributed by atoms with Gasteiger partial charge in [0.15, 0.2) is 0 Å². The zero-order valence-corrected chi connectivity index (χ0v) is 12.2. The van der Waals surface area contributed by atoms with E-state index in [1.165, 1.54) is 37.9 Å². The van der Waals surface area contributed by atoms with E-state index < -0.39 is 0 Å². The first kappa shape index (κ1) is 12.8. The molecule has 2 fully saturated rings. The van der Waals surface area contributed by atoms with Crippen molar-refractivity contribution < 1.29 is 4.74 Å². The molecule has 2 heteroatoms. The zero-order chi connectivity index (χ0) is 13.3. The molecular weight excluding hydrogens is 234 g/mol. The van der Waals surface area contributed by atoms with E-state index in [9.17, 15) is 0 Å². The lowest BCUT2D eigenvalue weighted by Gasteiger charge is -2.36. The number of nitrogens with zero attached hydrogens (tertiary/aromatic N) is 1. The minimum Gasteiger partial charge on any atom is -0.494 e. The van der Waals surface area contributed by atoms with Crippen LogP contribution in [0.15, 0.2) is 24.3 Å². The Morgan fingerprint density at radius 3 is 2.84 bits per heavy atom. The van der Waals surface area contributed by atoms with Crippen LogP contribution >= 0.6 is 0 Å². The fourth-order valence-electron chi connectivity index (χ4n) is 3.42. The molecule has 19 heavy (non-hydrogen) atoms. The van der Waals surface area contributed by atoms with Gasteiger partial charge in [0.05, 0.1) is 6.61 Å². The van der Waals surface area contributed by atoms with Crippen molar-refractivity contribution in [3.05, 3.63) is 24.3 Å². The third kappa shape index (κ3) is 2.45. The van der Waals surface area contributed by atoms with E-state index in [4.69, 9.17) is 4.74 Å². The molecule has 2 nitrogen and oxygen atoms in total. The molecular formula is C17H25NO. The van der Waals surface area contributed by atoms with Gasteiger partial charge in [-0.15, -0.1) is 0 Å². The first-order chi connectivity index (χ1) is 9.24. The maximum atomic E-state index is 5.73. The lowest BCUT2D eigenvalue weighted by molar-refractivity contribution is 0.309. The summed E-state index contributed by atoms with van der Waals surface area (Å²) in [6.07, 6.45) is 6.46. The van der Waals surface area contributed by atoms with Gasteiger partial charge in [-0.2, -0.15) is 0 Å². The van der Waals surface area contributed by atoms with Gasteiger partial charge in [-0.1, -0.05) is 13.3 Å². The number of unbranched alkanes of at least 4 members (excludes halogenated alkanes) is 1. The van der Waals surface area contributed by atoms with Crippen LogP contribution in [-0.4, -0.2) is 18.7 Å². The van der Waals surface area contributed by atoms with Crippen molar-refractivity contribution in [2.75, 3.05) is 18.1 Å². The van der Waals surface area contributed by atoms with Crippen LogP contribution in [0.5, 0.6) is 5.75 Å². The maximum absolute atomic E-state index is 5.73. The van der Waals surface area contributed by atoms with Crippen LogP contribution < -0.4 is 9.64 Å². The molecule has 1 heterocycles. The summed E-state index contributed by atoms with van der Waals surface area (Å²) in [5.74, 6) is 1.94. The van der Waals surface area contributed by atoms with E-state index in [2.05, 4.69) is 43.0 Å². The quantitative estimate of drug-likeness (QED) is 0.733. The Morgan fingerprint density at radius 2 is 2.11 bits per heavy atom. The fourth-order valence-corrected chi connectivity index (χ4v) is 3.42. The van der Waals surface area contributed by atoms with Crippen LogP contribution in [0, 0.1) is 5.92 Å². The first-order valence-corrected chi connectivity index (χ1v) is 7.74. The van der Waals surface area contributed by atoms with E-state index in [0.29, 0.717) is 5.54 Å². The highest BCUT2D eigenvalue weighted by Gasteiger charge is 2.55. The van der Waals surface area contributed by atoms with E-state index in [1.54, 1.807) is 0 Å². The third-order valence-corrected chi connectivity index (χ3v) is 4.84. The van der Waals surface area contributed by atoms with Crippen molar-refractivity contribution in [1.82, 2.24) is 0 Å². The Balaban J connectivity index is 1.65. The number of hydrogen-bond donors (Lipinski definition) is 0. The van der Waals surface area contributed by atoms with E-state index in [1.807, 2.05) is 0 Å². The molecule has 0 radical (unpaired) electrons. The minimum atomic E-state index is 0.447. The number of rotatable bonds is 5. The monoisotopic (exact) mass is 259 g/mol. The van der Waals surface area contributed by atoms with Gasteiger partial charge in [0.1, 0.15) is 5.75 Å². The topological polar surface area (TPSA) is 12.5 Å². The highest BCUT2D eigenvalue weighted by Crippen LogP contribution is 2.54. The van der Waals surface area contributed by atoms with Crippen LogP contribution in [0.25, 0.3) is 0 Å². The van der Waals surface area contributed by atoms with Crippen molar-refractivity contribution in [1.29, 1.82) is 0 Å². The summed E-state index contributed by atoms with van der Waals surface area (Å²) in [6, 6.07) is 8.71. The predicted octanol–water partition coefficient (Wildman–Crippen LogP) is 4.24. The summed E-state index contributed by atoms with van der Waals surface area (Å²) < 4.78 is 5.73. The Kier molecular flexibility index (Phi) is 3.42.